The van der Waals surface area contributed by atoms with E-state index in [-0.39, 0.29) is 11.7 Å². The number of carbonyl (C=O) groups excluding carboxylic acids is 1. The van der Waals surface area contributed by atoms with Crippen molar-refractivity contribution < 1.29 is 14.6 Å². The summed E-state index contributed by atoms with van der Waals surface area (Å²) in [6.45, 7) is 7.04. The molecule has 38 heavy (non-hydrogen) atoms. The van der Waals surface area contributed by atoms with Crippen molar-refractivity contribution in [2.24, 2.45) is 5.92 Å². The van der Waals surface area contributed by atoms with Gasteiger partial charge < -0.3 is 14.7 Å². The highest BCUT2D eigenvalue weighted by Crippen LogP contribution is 2.46. The number of hydrogen-bond donors (Lipinski definition) is 2. The molecule has 0 saturated heterocycles. The van der Waals surface area contributed by atoms with E-state index in [9.17, 15) is 9.90 Å². The summed E-state index contributed by atoms with van der Waals surface area (Å²) in [5.74, 6) is 1.10. The van der Waals surface area contributed by atoms with E-state index in [1.165, 1.54) is 0 Å². The molecule has 1 unspecified atom stereocenters. The van der Waals surface area contributed by atoms with Crippen molar-refractivity contribution in [3.63, 3.8) is 0 Å². The van der Waals surface area contributed by atoms with Gasteiger partial charge in [0, 0.05) is 27.7 Å². The average Bonchev–Trinajstić information content (AvgIpc) is 3.42. The standard InChI is InChI=1S/C30H29Cl2N3O3/c1-17(2)11-12-38-21-9-6-8-19(14-21)29-26-27(22-15-24(32)18(3)13-25(22)36)33-34-28(26)30(37)35(29)16-20-7-4-5-10-23(20)31/h4-10,13-15,17,29,36H,11-12,16H2,1-3H3,(H,33,34). The van der Waals surface area contributed by atoms with Crippen LogP contribution >= 0.6 is 23.2 Å². The van der Waals surface area contributed by atoms with Crippen LogP contribution in [0.3, 0.4) is 0 Å². The van der Waals surface area contributed by atoms with Gasteiger partial charge in [0.2, 0.25) is 0 Å². The number of nitrogens with zero attached hydrogens (tertiary/aromatic N) is 2. The molecule has 196 valence electrons. The van der Waals surface area contributed by atoms with Gasteiger partial charge in [-0.05, 0) is 66.3 Å². The first kappa shape index (κ1) is 26.1. The molecule has 0 radical (unpaired) electrons. The topological polar surface area (TPSA) is 78.5 Å². The van der Waals surface area contributed by atoms with Crippen LogP contribution in [0.4, 0.5) is 0 Å². The lowest BCUT2D eigenvalue weighted by Gasteiger charge is -2.27. The highest BCUT2D eigenvalue weighted by atomic mass is 35.5. The normalized spacial score (nSPS) is 14.8. The number of aryl methyl sites for hydroxylation is 1. The molecule has 0 saturated carbocycles. The number of H-pyrrole nitrogens is 1. The largest absolute Gasteiger partial charge is 0.507 e. The fourth-order valence-corrected chi connectivity index (χ4v) is 5.12. The lowest BCUT2D eigenvalue weighted by Crippen LogP contribution is -2.29. The molecular formula is C30H29Cl2N3O3. The molecule has 3 aromatic carbocycles. The van der Waals surface area contributed by atoms with E-state index < -0.39 is 6.04 Å². The number of nitrogens with one attached hydrogen (secondary N) is 1. The lowest BCUT2D eigenvalue weighted by atomic mass is 9.95. The smallest absolute Gasteiger partial charge is 0.273 e. The number of aromatic nitrogens is 2. The summed E-state index contributed by atoms with van der Waals surface area (Å²) in [6.07, 6.45) is 0.939. The molecule has 0 spiro atoms. The molecule has 1 amide bonds. The minimum absolute atomic E-state index is 0.0442. The molecule has 1 aliphatic heterocycles. The highest BCUT2D eigenvalue weighted by Gasteiger charge is 2.43. The first-order valence-corrected chi connectivity index (χ1v) is 13.3. The van der Waals surface area contributed by atoms with E-state index in [1.54, 1.807) is 17.0 Å². The Morgan fingerprint density at radius 2 is 1.87 bits per heavy atom. The van der Waals surface area contributed by atoms with Crippen LogP contribution in [-0.4, -0.2) is 32.7 Å². The van der Waals surface area contributed by atoms with E-state index in [1.807, 2.05) is 55.5 Å². The van der Waals surface area contributed by atoms with Gasteiger partial charge in [0.15, 0.2) is 0 Å². The average molecular weight is 550 g/mol. The van der Waals surface area contributed by atoms with E-state index in [0.29, 0.717) is 51.6 Å². The first-order valence-electron chi connectivity index (χ1n) is 12.6. The molecule has 5 rings (SSSR count). The number of aromatic hydroxyl groups is 1. The van der Waals surface area contributed by atoms with E-state index in [4.69, 9.17) is 27.9 Å². The van der Waals surface area contributed by atoms with Gasteiger partial charge in [0.25, 0.3) is 5.91 Å². The zero-order valence-corrected chi connectivity index (χ0v) is 23.0. The minimum Gasteiger partial charge on any atom is -0.507 e. The molecule has 6 nitrogen and oxygen atoms in total. The Bertz CT molecular complexity index is 1500. The van der Waals surface area contributed by atoms with Gasteiger partial charge in [0.1, 0.15) is 22.9 Å². The van der Waals surface area contributed by atoms with Crippen molar-refractivity contribution in [3.05, 3.63) is 98.7 Å². The SMILES string of the molecule is Cc1cc(O)c(-c2n[nH]c3c2C(c2cccc(OCCC(C)C)c2)N(Cc2ccccc2Cl)C3=O)cc1Cl. The number of fused-ring (bicyclic) bond motifs is 1. The quantitative estimate of drug-likeness (QED) is 0.237. The van der Waals surface area contributed by atoms with Gasteiger partial charge in [-0.25, -0.2) is 0 Å². The zero-order valence-electron chi connectivity index (χ0n) is 21.5. The Kier molecular flexibility index (Phi) is 7.37. The molecule has 1 atom stereocenters. The first-order chi connectivity index (χ1) is 18.2. The highest BCUT2D eigenvalue weighted by molar-refractivity contribution is 6.32. The van der Waals surface area contributed by atoms with Gasteiger partial charge in [-0.3, -0.25) is 9.89 Å². The van der Waals surface area contributed by atoms with Gasteiger partial charge in [-0.1, -0.05) is 67.4 Å². The van der Waals surface area contributed by atoms with Gasteiger partial charge in [0.05, 0.1) is 12.6 Å². The number of rotatable bonds is 8. The fraction of sp³-hybridized carbons (Fsp3) is 0.267. The van der Waals surface area contributed by atoms with Crippen LogP contribution in [0, 0.1) is 12.8 Å². The maximum Gasteiger partial charge on any atom is 0.273 e. The number of halogens is 2. The van der Waals surface area contributed by atoms with Crippen molar-refractivity contribution in [3.8, 4) is 22.8 Å². The van der Waals surface area contributed by atoms with E-state index in [0.717, 1.165) is 28.9 Å². The van der Waals surface area contributed by atoms with Crippen LogP contribution in [0.2, 0.25) is 10.0 Å². The Hall–Kier alpha value is -3.48. The van der Waals surface area contributed by atoms with Crippen molar-refractivity contribution >= 4 is 29.1 Å². The summed E-state index contributed by atoms with van der Waals surface area (Å²) in [5, 5.41) is 19.3. The number of benzene rings is 3. The number of amides is 1. The Morgan fingerprint density at radius 3 is 2.63 bits per heavy atom. The summed E-state index contributed by atoms with van der Waals surface area (Å²) >= 11 is 12.9. The second-order valence-corrected chi connectivity index (χ2v) is 10.8. The van der Waals surface area contributed by atoms with Crippen LogP contribution in [0.15, 0.2) is 60.7 Å². The van der Waals surface area contributed by atoms with Crippen molar-refractivity contribution in [2.45, 2.75) is 39.8 Å². The second-order valence-electron chi connectivity index (χ2n) is 10.0. The Morgan fingerprint density at radius 1 is 1.08 bits per heavy atom. The third-order valence-electron chi connectivity index (χ3n) is 6.83. The molecule has 8 heteroatoms. The van der Waals surface area contributed by atoms with Crippen molar-refractivity contribution in [1.82, 2.24) is 15.1 Å². The number of ether oxygens (including phenoxy) is 1. The van der Waals surface area contributed by atoms with Gasteiger partial charge in [-0.15, -0.1) is 0 Å². The van der Waals surface area contributed by atoms with Gasteiger partial charge >= 0.3 is 0 Å². The molecule has 2 heterocycles. The molecule has 0 fully saturated rings. The van der Waals surface area contributed by atoms with E-state index >= 15 is 0 Å². The monoisotopic (exact) mass is 549 g/mol. The Balaban J connectivity index is 1.62. The summed E-state index contributed by atoms with van der Waals surface area (Å²) < 4.78 is 6.04. The Labute approximate surface area is 232 Å². The molecule has 4 aromatic rings. The summed E-state index contributed by atoms with van der Waals surface area (Å²) in [5.41, 5.74) is 4.44. The minimum atomic E-state index is -0.490. The predicted molar refractivity (Wildman–Crippen MR) is 150 cm³/mol. The maximum atomic E-state index is 13.8. The number of phenolic OH excluding ortho intramolecular Hbond substituents is 1. The zero-order chi connectivity index (χ0) is 27.0. The molecule has 2 N–H and O–H groups in total. The van der Waals surface area contributed by atoms with Crippen LogP contribution in [-0.2, 0) is 6.54 Å². The molecule has 0 aliphatic carbocycles. The second kappa shape index (κ2) is 10.7. The summed E-state index contributed by atoms with van der Waals surface area (Å²) in [7, 11) is 0. The number of hydrogen-bond acceptors (Lipinski definition) is 4. The third kappa shape index (κ3) is 4.98. The number of phenols is 1. The van der Waals surface area contributed by atoms with Crippen LogP contribution in [0.25, 0.3) is 11.3 Å². The number of carbonyl (C=O) groups is 1. The molecule has 0 bridgehead atoms. The molecule has 1 aromatic heterocycles. The molecule has 1 aliphatic rings. The van der Waals surface area contributed by atoms with Crippen LogP contribution in [0.5, 0.6) is 11.5 Å². The molecular weight excluding hydrogens is 521 g/mol. The third-order valence-corrected chi connectivity index (χ3v) is 7.61. The van der Waals surface area contributed by atoms with Crippen LogP contribution in [0.1, 0.15) is 59.1 Å². The number of aromatic amines is 1. The summed E-state index contributed by atoms with van der Waals surface area (Å²) in [6, 6.07) is 18.1. The summed E-state index contributed by atoms with van der Waals surface area (Å²) in [4.78, 5) is 15.5. The van der Waals surface area contributed by atoms with E-state index in [2.05, 4.69) is 24.0 Å². The van der Waals surface area contributed by atoms with Gasteiger partial charge in [-0.2, -0.15) is 5.10 Å². The van der Waals surface area contributed by atoms with Crippen molar-refractivity contribution in [1.29, 1.82) is 0 Å². The van der Waals surface area contributed by atoms with Crippen molar-refractivity contribution in [2.75, 3.05) is 6.61 Å². The predicted octanol–water partition coefficient (Wildman–Crippen LogP) is 7.57. The fourth-order valence-electron chi connectivity index (χ4n) is 4.76. The lowest BCUT2D eigenvalue weighted by molar-refractivity contribution is 0.0730. The maximum absolute atomic E-state index is 13.8. The van der Waals surface area contributed by atoms with Crippen LogP contribution < -0.4 is 4.74 Å².